The number of pyridine rings is 1. The maximum absolute atomic E-state index is 13.8. The summed E-state index contributed by atoms with van der Waals surface area (Å²) in [5.41, 5.74) is -2.20. The summed E-state index contributed by atoms with van der Waals surface area (Å²) in [7, 11) is 0. The van der Waals surface area contributed by atoms with Crippen molar-refractivity contribution in [2.24, 2.45) is 0 Å². The van der Waals surface area contributed by atoms with E-state index in [2.05, 4.69) is 15.3 Å². The maximum atomic E-state index is 13.8. The van der Waals surface area contributed by atoms with Gasteiger partial charge in [0.1, 0.15) is 18.1 Å². The summed E-state index contributed by atoms with van der Waals surface area (Å²) >= 11 is 0. The highest BCUT2D eigenvalue weighted by molar-refractivity contribution is 5.81. The molecule has 1 saturated heterocycles. The van der Waals surface area contributed by atoms with Crippen LogP contribution in [0.4, 0.5) is 22.0 Å². The number of ether oxygens (including phenoxy) is 1. The van der Waals surface area contributed by atoms with Crippen LogP contribution in [-0.4, -0.2) is 38.3 Å². The van der Waals surface area contributed by atoms with E-state index in [1.165, 1.54) is 35.3 Å². The quantitative estimate of drug-likeness (QED) is 0.447. The van der Waals surface area contributed by atoms with Crippen LogP contribution < -0.4 is 10.1 Å². The number of benzene rings is 1. The van der Waals surface area contributed by atoms with Crippen molar-refractivity contribution in [3.05, 3.63) is 53.6 Å². The van der Waals surface area contributed by atoms with Gasteiger partial charge < -0.3 is 19.7 Å². The number of rotatable bonds is 6. The molecule has 2 aromatic heterocycles. The zero-order valence-corrected chi connectivity index (χ0v) is 19.5. The zero-order chi connectivity index (χ0) is 25.5. The van der Waals surface area contributed by atoms with Gasteiger partial charge in [-0.2, -0.15) is 13.2 Å². The van der Waals surface area contributed by atoms with Crippen LogP contribution in [0, 0.1) is 0 Å². The minimum atomic E-state index is -4.61. The molecule has 3 atom stereocenters. The minimum Gasteiger partial charge on any atom is -0.492 e. The van der Waals surface area contributed by atoms with Crippen molar-refractivity contribution < 1.29 is 31.8 Å². The summed E-state index contributed by atoms with van der Waals surface area (Å²) in [5, 5.41) is 14.6. The van der Waals surface area contributed by atoms with Gasteiger partial charge in [0.15, 0.2) is 0 Å². The predicted molar refractivity (Wildman–Crippen MR) is 119 cm³/mol. The Morgan fingerprint density at radius 3 is 2.60 bits per heavy atom. The lowest BCUT2D eigenvalue weighted by Gasteiger charge is -2.41. The van der Waals surface area contributed by atoms with Crippen LogP contribution in [0.5, 0.6) is 5.75 Å². The lowest BCUT2D eigenvalue weighted by molar-refractivity contribution is -0.136. The summed E-state index contributed by atoms with van der Waals surface area (Å²) in [6.45, 7) is 5.34. The van der Waals surface area contributed by atoms with Gasteiger partial charge in [0.05, 0.1) is 28.5 Å². The Bertz CT molecular complexity index is 1200. The number of imidazole rings is 1. The molecule has 0 aliphatic carbocycles. The molecule has 1 fully saturated rings. The molecule has 0 amide bonds. The average Bonchev–Trinajstić information content (AvgIpc) is 3.20. The van der Waals surface area contributed by atoms with E-state index in [1.807, 2.05) is 6.92 Å². The van der Waals surface area contributed by atoms with Crippen molar-refractivity contribution in [1.29, 1.82) is 0 Å². The summed E-state index contributed by atoms with van der Waals surface area (Å²) < 4.78 is 75.0. The standard InChI is InChI=1S/C24H27F5N4O2/c1-13(2)33-12-31-19-8-17(7-18(21(19)33)24(27,28)29)35-11-16-10-23(34,9-14(3)32-16)15-4-5-30-20(6-15)22(25)26/h4-8,12-14,16,22,32,34H,9-11H2,1-3H3. The molecule has 0 spiro atoms. The third kappa shape index (κ3) is 5.25. The number of aromatic nitrogens is 3. The molecule has 4 rings (SSSR count). The van der Waals surface area contributed by atoms with Gasteiger partial charge in [-0.3, -0.25) is 4.98 Å². The Balaban J connectivity index is 1.57. The zero-order valence-electron chi connectivity index (χ0n) is 19.5. The van der Waals surface area contributed by atoms with Crippen molar-refractivity contribution in [2.45, 2.75) is 69.9 Å². The van der Waals surface area contributed by atoms with Crippen molar-refractivity contribution in [3.63, 3.8) is 0 Å². The first-order valence-electron chi connectivity index (χ1n) is 11.3. The molecule has 11 heteroatoms. The van der Waals surface area contributed by atoms with E-state index in [9.17, 15) is 27.1 Å². The lowest BCUT2D eigenvalue weighted by atomic mass is 9.79. The molecule has 3 heterocycles. The normalized spacial score (nSPS) is 23.4. The fourth-order valence-corrected chi connectivity index (χ4v) is 4.75. The van der Waals surface area contributed by atoms with Crippen molar-refractivity contribution in [2.75, 3.05) is 6.61 Å². The maximum Gasteiger partial charge on any atom is 0.418 e. The first kappa shape index (κ1) is 25.3. The van der Waals surface area contributed by atoms with Crippen LogP contribution in [-0.2, 0) is 11.8 Å². The van der Waals surface area contributed by atoms with Crippen molar-refractivity contribution in [1.82, 2.24) is 19.9 Å². The molecular weight excluding hydrogens is 471 g/mol. The van der Waals surface area contributed by atoms with E-state index >= 15 is 0 Å². The molecule has 1 aliphatic rings. The largest absolute Gasteiger partial charge is 0.492 e. The molecule has 35 heavy (non-hydrogen) atoms. The van der Waals surface area contributed by atoms with Gasteiger partial charge in [-0.1, -0.05) is 0 Å². The van der Waals surface area contributed by atoms with E-state index < -0.39 is 35.5 Å². The lowest BCUT2D eigenvalue weighted by Crippen LogP contribution is -2.53. The van der Waals surface area contributed by atoms with Gasteiger partial charge in [-0.15, -0.1) is 0 Å². The predicted octanol–water partition coefficient (Wildman–Crippen LogP) is 5.38. The fraction of sp³-hybridized carbons (Fsp3) is 0.500. The molecule has 0 bridgehead atoms. The second-order valence-corrected chi connectivity index (χ2v) is 9.37. The van der Waals surface area contributed by atoms with Crippen LogP contribution in [0.25, 0.3) is 11.0 Å². The Labute approximate surface area is 199 Å². The highest BCUT2D eigenvalue weighted by atomic mass is 19.4. The van der Waals surface area contributed by atoms with Crippen LogP contribution >= 0.6 is 0 Å². The minimum absolute atomic E-state index is 0.00583. The summed E-state index contributed by atoms with van der Waals surface area (Å²) in [4.78, 5) is 7.77. The number of alkyl halides is 5. The Kier molecular flexibility index (Phi) is 6.76. The van der Waals surface area contributed by atoms with Crippen LogP contribution in [0.3, 0.4) is 0 Å². The van der Waals surface area contributed by atoms with E-state index in [1.54, 1.807) is 13.8 Å². The molecule has 190 valence electrons. The Morgan fingerprint density at radius 1 is 1.20 bits per heavy atom. The first-order chi connectivity index (χ1) is 16.4. The fourth-order valence-electron chi connectivity index (χ4n) is 4.75. The number of halogens is 5. The molecule has 1 aliphatic heterocycles. The van der Waals surface area contributed by atoms with Crippen molar-refractivity contribution in [3.8, 4) is 5.75 Å². The van der Waals surface area contributed by atoms with Crippen LogP contribution in [0.2, 0.25) is 0 Å². The number of nitrogens with one attached hydrogen (secondary N) is 1. The smallest absolute Gasteiger partial charge is 0.418 e. The van der Waals surface area contributed by atoms with E-state index in [-0.39, 0.29) is 48.3 Å². The Morgan fingerprint density at radius 2 is 1.94 bits per heavy atom. The van der Waals surface area contributed by atoms with E-state index in [4.69, 9.17) is 4.74 Å². The van der Waals surface area contributed by atoms with Gasteiger partial charge in [0, 0.05) is 30.4 Å². The summed E-state index contributed by atoms with van der Waals surface area (Å²) in [6, 6.07) is 4.26. The first-order valence-corrected chi connectivity index (χ1v) is 11.3. The van der Waals surface area contributed by atoms with Gasteiger partial charge in [0.2, 0.25) is 0 Å². The molecule has 0 radical (unpaired) electrons. The van der Waals surface area contributed by atoms with Gasteiger partial charge in [-0.05, 0) is 57.4 Å². The second-order valence-electron chi connectivity index (χ2n) is 9.37. The molecule has 1 aromatic carbocycles. The molecule has 6 nitrogen and oxygen atoms in total. The number of piperidine rings is 1. The number of nitrogens with zero attached hydrogens (tertiary/aromatic N) is 3. The number of hydrogen-bond acceptors (Lipinski definition) is 5. The second kappa shape index (κ2) is 9.34. The van der Waals surface area contributed by atoms with Gasteiger partial charge >= 0.3 is 6.18 Å². The molecule has 0 saturated carbocycles. The van der Waals surface area contributed by atoms with Crippen LogP contribution in [0.15, 0.2) is 36.8 Å². The van der Waals surface area contributed by atoms with E-state index in [0.29, 0.717) is 5.56 Å². The summed E-state index contributed by atoms with van der Waals surface area (Å²) in [6.07, 6.45) is -4.37. The van der Waals surface area contributed by atoms with Crippen molar-refractivity contribution >= 4 is 11.0 Å². The topological polar surface area (TPSA) is 72.2 Å². The SMILES string of the molecule is CC1CC(O)(c2ccnc(C(F)F)c2)CC(COc2cc(C(F)(F)F)c3c(c2)ncn3C(C)C)N1. The Hall–Kier alpha value is -2.79. The van der Waals surface area contributed by atoms with Crippen LogP contribution in [0.1, 0.15) is 62.9 Å². The highest BCUT2D eigenvalue weighted by Gasteiger charge is 2.40. The molecule has 2 N–H and O–H groups in total. The third-order valence-electron chi connectivity index (χ3n) is 6.25. The van der Waals surface area contributed by atoms with Gasteiger partial charge in [-0.25, -0.2) is 13.8 Å². The number of hydrogen-bond donors (Lipinski definition) is 2. The molecular formula is C24H27F5N4O2. The van der Waals surface area contributed by atoms with E-state index in [0.717, 1.165) is 6.07 Å². The molecule has 3 unspecified atom stereocenters. The number of aliphatic hydroxyl groups is 1. The highest BCUT2D eigenvalue weighted by Crippen LogP contribution is 2.39. The number of fused-ring (bicyclic) bond motifs is 1. The average molecular weight is 498 g/mol. The third-order valence-corrected chi connectivity index (χ3v) is 6.25. The summed E-state index contributed by atoms with van der Waals surface area (Å²) in [5.74, 6) is 0.00583. The monoisotopic (exact) mass is 498 g/mol. The van der Waals surface area contributed by atoms with Gasteiger partial charge in [0.25, 0.3) is 6.43 Å². The molecule has 3 aromatic rings.